The molecule has 0 radical (unpaired) electrons. The van der Waals surface area contributed by atoms with Crippen LogP contribution >= 0.6 is 0 Å². The molecule has 1 unspecified atom stereocenters. The minimum Gasteiger partial charge on any atom is -0.493 e. The topological polar surface area (TPSA) is 56.8 Å². The molecule has 1 N–H and O–H groups in total. The fourth-order valence-electron chi connectivity index (χ4n) is 3.80. The van der Waals surface area contributed by atoms with Crippen molar-refractivity contribution in [2.75, 3.05) is 26.6 Å². The van der Waals surface area contributed by atoms with Crippen molar-refractivity contribution in [2.45, 2.75) is 12.3 Å². The van der Waals surface area contributed by atoms with Gasteiger partial charge in [-0.05, 0) is 28.6 Å². The highest BCUT2D eigenvalue weighted by molar-refractivity contribution is 6.06. The predicted molar refractivity (Wildman–Crippen MR) is 105 cm³/mol. The Morgan fingerprint density at radius 2 is 1.63 bits per heavy atom. The van der Waals surface area contributed by atoms with Crippen molar-refractivity contribution in [1.29, 1.82) is 0 Å². The highest BCUT2D eigenvalue weighted by Crippen LogP contribution is 2.45. The second kappa shape index (κ2) is 6.83. The molecule has 0 saturated carbocycles. The summed E-state index contributed by atoms with van der Waals surface area (Å²) in [7, 11) is 4.77. The molecule has 1 amide bonds. The second-order valence-corrected chi connectivity index (χ2v) is 6.51. The first kappa shape index (κ1) is 17.2. The minimum atomic E-state index is -0.0907. The number of carbonyl (C=O) groups excluding carboxylic acids is 1. The normalized spacial score (nSPS) is 15.8. The smallest absolute Gasteiger partial charge is 0.225 e. The zero-order chi connectivity index (χ0) is 19.0. The van der Waals surface area contributed by atoms with Crippen molar-refractivity contribution in [3.8, 4) is 17.2 Å². The molecule has 5 nitrogen and oxygen atoms in total. The van der Waals surface area contributed by atoms with Crippen LogP contribution in [0.3, 0.4) is 0 Å². The molecule has 3 aromatic carbocycles. The van der Waals surface area contributed by atoms with Gasteiger partial charge in [-0.15, -0.1) is 0 Å². The molecular weight excluding hydrogens is 342 g/mol. The van der Waals surface area contributed by atoms with E-state index in [1.807, 2.05) is 36.4 Å². The molecule has 0 fully saturated rings. The first-order chi connectivity index (χ1) is 13.2. The van der Waals surface area contributed by atoms with E-state index in [0.717, 1.165) is 27.6 Å². The van der Waals surface area contributed by atoms with Gasteiger partial charge in [0.1, 0.15) is 0 Å². The number of carbonyl (C=O) groups is 1. The summed E-state index contributed by atoms with van der Waals surface area (Å²) in [6.07, 6.45) is 0.365. The fraction of sp³-hybridized carbons (Fsp3) is 0.227. The number of hydrogen-bond acceptors (Lipinski definition) is 4. The van der Waals surface area contributed by atoms with Crippen molar-refractivity contribution in [3.05, 3.63) is 59.7 Å². The Hall–Kier alpha value is -3.21. The number of anilines is 1. The summed E-state index contributed by atoms with van der Waals surface area (Å²) in [6, 6.07) is 16.1. The first-order valence-electron chi connectivity index (χ1n) is 8.77. The van der Waals surface area contributed by atoms with Gasteiger partial charge in [-0.1, -0.05) is 36.4 Å². The summed E-state index contributed by atoms with van der Waals surface area (Å²) in [5, 5.41) is 5.20. The summed E-state index contributed by atoms with van der Waals surface area (Å²) >= 11 is 0. The van der Waals surface area contributed by atoms with Gasteiger partial charge in [-0.25, -0.2) is 0 Å². The number of benzene rings is 3. The third-order valence-corrected chi connectivity index (χ3v) is 5.08. The van der Waals surface area contributed by atoms with E-state index in [1.54, 1.807) is 21.3 Å². The molecule has 138 valence electrons. The molecule has 27 heavy (non-hydrogen) atoms. The van der Waals surface area contributed by atoms with Crippen LogP contribution in [-0.4, -0.2) is 27.2 Å². The number of rotatable bonds is 4. The Morgan fingerprint density at radius 3 is 2.30 bits per heavy atom. The van der Waals surface area contributed by atoms with Crippen LogP contribution in [-0.2, 0) is 4.79 Å². The van der Waals surface area contributed by atoms with Gasteiger partial charge >= 0.3 is 0 Å². The standard InChI is InChI=1S/C22H21NO4/c1-25-18-10-14(11-19(26-2)22(18)27-3)17-12-20(24)23-21-15-7-5-4-6-13(15)8-9-16(17)21/h4-11,17H,12H2,1-3H3,(H,23,24). The third kappa shape index (κ3) is 2.85. The van der Waals surface area contributed by atoms with E-state index in [-0.39, 0.29) is 11.8 Å². The Morgan fingerprint density at radius 1 is 0.926 bits per heavy atom. The van der Waals surface area contributed by atoms with E-state index in [9.17, 15) is 4.79 Å². The van der Waals surface area contributed by atoms with Crippen molar-refractivity contribution >= 4 is 22.4 Å². The Balaban J connectivity index is 1.91. The van der Waals surface area contributed by atoms with E-state index in [2.05, 4.69) is 17.4 Å². The Bertz CT molecular complexity index is 1000. The van der Waals surface area contributed by atoms with Crippen molar-refractivity contribution in [1.82, 2.24) is 0 Å². The largest absolute Gasteiger partial charge is 0.493 e. The molecule has 1 heterocycles. The Kier molecular flexibility index (Phi) is 4.36. The lowest BCUT2D eigenvalue weighted by Crippen LogP contribution is -2.23. The quantitative estimate of drug-likeness (QED) is 0.749. The van der Waals surface area contributed by atoms with Crippen LogP contribution in [0.5, 0.6) is 17.2 Å². The van der Waals surface area contributed by atoms with E-state index < -0.39 is 0 Å². The third-order valence-electron chi connectivity index (χ3n) is 5.08. The van der Waals surface area contributed by atoms with Gasteiger partial charge in [0.05, 0.1) is 27.0 Å². The van der Waals surface area contributed by atoms with Gasteiger partial charge in [0.25, 0.3) is 0 Å². The molecule has 4 rings (SSSR count). The van der Waals surface area contributed by atoms with Gasteiger partial charge in [0.15, 0.2) is 11.5 Å². The highest BCUT2D eigenvalue weighted by atomic mass is 16.5. The molecule has 0 aromatic heterocycles. The second-order valence-electron chi connectivity index (χ2n) is 6.51. The summed E-state index contributed by atoms with van der Waals surface area (Å²) in [5.41, 5.74) is 2.92. The summed E-state index contributed by atoms with van der Waals surface area (Å²) in [4.78, 5) is 12.5. The van der Waals surface area contributed by atoms with Crippen LogP contribution in [0.4, 0.5) is 5.69 Å². The van der Waals surface area contributed by atoms with Crippen LogP contribution in [0.1, 0.15) is 23.5 Å². The average molecular weight is 363 g/mol. The fourth-order valence-corrected chi connectivity index (χ4v) is 3.80. The van der Waals surface area contributed by atoms with Gasteiger partial charge in [0.2, 0.25) is 11.7 Å². The molecule has 0 bridgehead atoms. The number of fused-ring (bicyclic) bond motifs is 3. The van der Waals surface area contributed by atoms with Gasteiger partial charge in [-0.3, -0.25) is 4.79 Å². The zero-order valence-electron chi connectivity index (χ0n) is 15.5. The number of ether oxygens (including phenoxy) is 3. The number of methoxy groups -OCH3 is 3. The molecule has 0 aliphatic carbocycles. The van der Waals surface area contributed by atoms with Gasteiger partial charge < -0.3 is 19.5 Å². The number of hydrogen-bond donors (Lipinski definition) is 1. The lowest BCUT2D eigenvalue weighted by atomic mass is 9.83. The molecular formula is C22H21NO4. The maximum Gasteiger partial charge on any atom is 0.225 e. The van der Waals surface area contributed by atoms with Gasteiger partial charge in [-0.2, -0.15) is 0 Å². The first-order valence-corrected chi connectivity index (χ1v) is 8.77. The summed E-state index contributed by atoms with van der Waals surface area (Å²) < 4.78 is 16.4. The van der Waals surface area contributed by atoms with Crippen LogP contribution in [0, 0.1) is 0 Å². The van der Waals surface area contributed by atoms with Crippen molar-refractivity contribution < 1.29 is 19.0 Å². The average Bonchev–Trinajstić information content (AvgIpc) is 2.71. The van der Waals surface area contributed by atoms with E-state index in [1.165, 1.54) is 0 Å². The molecule has 3 aromatic rings. The van der Waals surface area contributed by atoms with Crippen LogP contribution < -0.4 is 19.5 Å². The predicted octanol–water partition coefficient (Wildman–Crippen LogP) is 4.34. The van der Waals surface area contributed by atoms with Gasteiger partial charge in [0, 0.05) is 17.7 Å². The lowest BCUT2D eigenvalue weighted by molar-refractivity contribution is -0.116. The summed E-state index contributed by atoms with van der Waals surface area (Å²) in [6.45, 7) is 0. The zero-order valence-corrected chi connectivity index (χ0v) is 15.5. The number of nitrogens with one attached hydrogen (secondary N) is 1. The molecule has 0 spiro atoms. The Labute approximate surface area is 157 Å². The van der Waals surface area contributed by atoms with Crippen molar-refractivity contribution in [3.63, 3.8) is 0 Å². The SMILES string of the molecule is COc1cc(C2CC(=O)Nc3c2ccc2ccccc32)cc(OC)c1OC. The molecule has 5 heteroatoms. The minimum absolute atomic E-state index is 0.00222. The molecule has 1 aliphatic heterocycles. The maximum atomic E-state index is 12.5. The lowest BCUT2D eigenvalue weighted by Gasteiger charge is -2.28. The highest BCUT2D eigenvalue weighted by Gasteiger charge is 2.29. The monoisotopic (exact) mass is 363 g/mol. The van der Waals surface area contributed by atoms with Crippen LogP contribution in [0.2, 0.25) is 0 Å². The number of amides is 1. The molecule has 0 saturated heterocycles. The van der Waals surface area contributed by atoms with Crippen LogP contribution in [0.25, 0.3) is 10.8 Å². The summed E-state index contributed by atoms with van der Waals surface area (Å²) in [5.74, 6) is 1.62. The van der Waals surface area contributed by atoms with Crippen LogP contribution in [0.15, 0.2) is 48.5 Å². The molecule has 1 aliphatic rings. The van der Waals surface area contributed by atoms with Crippen molar-refractivity contribution in [2.24, 2.45) is 0 Å². The van der Waals surface area contributed by atoms with E-state index in [0.29, 0.717) is 23.7 Å². The van der Waals surface area contributed by atoms with E-state index in [4.69, 9.17) is 14.2 Å². The maximum absolute atomic E-state index is 12.5. The molecule has 1 atom stereocenters. The van der Waals surface area contributed by atoms with E-state index >= 15 is 0 Å².